The summed E-state index contributed by atoms with van der Waals surface area (Å²) in [7, 11) is 0. The van der Waals surface area contributed by atoms with Crippen molar-refractivity contribution in [1.29, 1.82) is 0 Å². The molecular weight excluding hydrogens is 258 g/mol. The van der Waals surface area contributed by atoms with Gasteiger partial charge in [0.1, 0.15) is 0 Å². The van der Waals surface area contributed by atoms with E-state index in [9.17, 15) is 0 Å². The van der Waals surface area contributed by atoms with Crippen molar-refractivity contribution >= 4 is 11.3 Å². The van der Waals surface area contributed by atoms with Crippen molar-refractivity contribution in [3.63, 3.8) is 0 Å². The van der Waals surface area contributed by atoms with Crippen molar-refractivity contribution in [2.75, 3.05) is 19.8 Å². The third kappa shape index (κ3) is 3.23. The van der Waals surface area contributed by atoms with Crippen LogP contribution in [0.25, 0.3) is 10.6 Å². The van der Waals surface area contributed by atoms with Gasteiger partial charge in [0, 0.05) is 25.3 Å². The summed E-state index contributed by atoms with van der Waals surface area (Å²) in [5, 5.41) is 12.9. The number of aromatic amines is 1. The van der Waals surface area contributed by atoms with Gasteiger partial charge in [-0.15, -0.1) is 11.3 Å². The average Bonchev–Trinajstić information content (AvgIpc) is 3.10. The number of rotatable bonds is 5. The molecule has 0 unspecified atom stereocenters. The lowest BCUT2D eigenvalue weighted by molar-refractivity contribution is 0.0662. The highest BCUT2D eigenvalue weighted by atomic mass is 32.1. The standard InChI is InChI=1S/C14H19N3OS/c1-2-13(19-7-1)14-12(10-16-17-14)9-15-8-11-3-5-18-6-4-11/h1-2,7,10-11,15H,3-6,8-9H2,(H,16,17). The third-order valence-corrected chi connectivity index (χ3v) is 4.46. The summed E-state index contributed by atoms with van der Waals surface area (Å²) in [6, 6.07) is 4.19. The smallest absolute Gasteiger partial charge is 0.0794 e. The van der Waals surface area contributed by atoms with E-state index in [2.05, 4.69) is 33.0 Å². The van der Waals surface area contributed by atoms with Crippen LogP contribution >= 0.6 is 11.3 Å². The lowest BCUT2D eigenvalue weighted by Crippen LogP contribution is -2.27. The van der Waals surface area contributed by atoms with E-state index in [1.54, 1.807) is 11.3 Å². The third-order valence-electron chi connectivity index (χ3n) is 3.57. The maximum Gasteiger partial charge on any atom is 0.0794 e. The number of ether oxygens (including phenoxy) is 1. The zero-order valence-electron chi connectivity index (χ0n) is 10.9. The Morgan fingerprint density at radius 1 is 1.42 bits per heavy atom. The van der Waals surface area contributed by atoms with Gasteiger partial charge >= 0.3 is 0 Å². The molecule has 102 valence electrons. The van der Waals surface area contributed by atoms with Crippen LogP contribution in [0.2, 0.25) is 0 Å². The van der Waals surface area contributed by atoms with Gasteiger partial charge in [-0.05, 0) is 36.8 Å². The second-order valence-corrected chi connectivity index (χ2v) is 5.88. The van der Waals surface area contributed by atoms with Gasteiger partial charge in [-0.2, -0.15) is 5.10 Å². The molecule has 4 nitrogen and oxygen atoms in total. The molecule has 3 rings (SSSR count). The molecule has 1 aliphatic heterocycles. The quantitative estimate of drug-likeness (QED) is 0.883. The molecule has 0 spiro atoms. The summed E-state index contributed by atoms with van der Waals surface area (Å²) < 4.78 is 5.38. The molecule has 2 aromatic rings. The molecule has 1 fully saturated rings. The summed E-state index contributed by atoms with van der Waals surface area (Å²) in [4.78, 5) is 1.25. The van der Waals surface area contributed by atoms with E-state index in [-0.39, 0.29) is 0 Å². The predicted molar refractivity (Wildman–Crippen MR) is 77.2 cm³/mol. The Morgan fingerprint density at radius 3 is 3.11 bits per heavy atom. The SMILES string of the molecule is c1csc(-c2[nH]ncc2CNCC2CCOCC2)c1. The highest BCUT2D eigenvalue weighted by Gasteiger charge is 2.14. The summed E-state index contributed by atoms with van der Waals surface area (Å²) in [5.41, 5.74) is 2.39. The zero-order chi connectivity index (χ0) is 12.9. The van der Waals surface area contributed by atoms with E-state index in [0.717, 1.165) is 37.9 Å². The van der Waals surface area contributed by atoms with Gasteiger partial charge < -0.3 is 10.1 Å². The number of hydrogen-bond donors (Lipinski definition) is 2. The number of nitrogens with zero attached hydrogens (tertiary/aromatic N) is 1. The van der Waals surface area contributed by atoms with Crippen LogP contribution < -0.4 is 5.32 Å². The van der Waals surface area contributed by atoms with Crippen molar-refractivity contribution in [1.82, 2.24) is 15.5 Å². The molecule has 2 aromatic heterocycles. The fourth-order valence-electron chi connectivity index (χ4n) is 2.44. The van der Waals surface area contributed by atoms with Crippen molar-refractivity contribution in [2.45, 2.75) is 19.4 Å². The van der Waals surface area contributed by atoms with E-state index in [1.807, 2.05) is 6.20 Å². The molecular formula is C14H19N3OS. The van der Waals surface area contributed by atoms with Gasteiger partial charge in [-0.25, -0.2) is 0 Å². The maximum absolute atomic E-state index is 5.38. The van der Waals surface area contributed by atoms with Crippen molar-refractivity contribution in [3.8, 4) is 10.6 Å². The first-order valence-corrected chi connectivity index (χ1v) is 7.66. The molecule has 5 heteroatoms. The monoisotopic (exact) mass is 277 g/mol. The molecule has 0 radical (unpaired) electrons. The normalized spacial score (nSPS) is 16.8. The highest BCUT2D eigenvalue weighted by Crippen LogP contribution is 2.25. The second-order valence-electron chi connectivity index (χ2n) is 4.93. The molecule has 2 N–H and O–H groups in total. The van der Waals surface area contributed by atoms with Crippen molar-refractivity contribution in [2.24, 2.45) is 5.92 Å². The van der Waals surface area contributed by atoms with E-state index in [1.165, 1.54) is 23.3 Å². The summed E-state index contributed by atoms with van der Waals surface area (Å²) in [5.74, 6) is 0.755. The van der Waals surface area contributed by atoms with Gasteiger partial charge in [0.2, 0.25) is 0 Å². The second kappa shape index (κ2) is 6.32. The highest BCUT2D eigenvalue weighted by molar-refractivity contribution is 7.13. The molecule has 1 aliphatic rings. The summed E-state index contributed by atoms with van der Waals surface area (Å²) >= 11 is 1.74. The fraction of sp³-hybridized carbons (Fsp3) is 0.500. The van der Waals surface area contributed by atoms with Crippen LogP contribution in [0.5, 0.6) is 0 Å². The minimum atomic E-state index is 0.755. The molecule has 0 aromatic carbocycles. The molecule has 0 saturated carbocycles. The van der Waals surface area contributed by atoms with Gasteiger partial charge in [0.25, 0.3) is 0 Å². The average molecular weight is 277 g/mol. The van der Waals surface area contributed by atoms with Crippen LogP contribution in [0.15, 0.2) is 23.7 Å². The molecule has 0 aliphatic carbocycles. The fourth-order valence-corrected chi connectivity index (χ4v) is 3.20. The van der Waals surface area contributed by atoms with Crippen LogP contribution in [0, 0.1) is 5.92 Å². The van der Waals surface area contributed by atoms with Gasteiger partial charge in [-0.1, -0.05) is 6.07 Å². The molecule has 1 saturated heterocycles. The first-order valence-electron chi connectivity index (χ1n) is 6.78. The Bertz CT molecular complexity index is 489. The van der Waals surface area contributed by atoms with Gasteiger partial charge in [-0.3, -0.25) is 5.10 Å². The van der Waals surface area contributed by atoms with Gasteiger partial charge in [0.05, 0.1) is 16.8 Å². The molecule has 0 atom stereocenters. The van der Waals surface area contributed by atoms with Crippen molar-refractivity contribution in [3.05, 3.63) is 29.3 Å². The topological polar surface area (TPSA) is 49.9 Å². The summed E-state index contributed by atoms with van der Waals surface area (Å²) in [6.07, 6.45) is 4.28. The van der Waals surface area contributed by atoms with Gasteiger partial charge in [0.15, 0.2) is 0 Å². The Labute approximate surface area is 117 Å². The number of H-pyrrole nitrogens is 1. The number of thiophene rings is 1. The van der Waals surface area contributed by atoms with Crippen LogP contribution in [-0.2, 0) is 11.3 Å². The minimum Gasteiger partial charge on any atom is -0.381 e. The largest absolute Gasteiger partial charge is 0.381 e. The van der Waals surface area contributed by atoms with E-state index in [4.69, 9.17) is 4.74 Å². The van der Waals surface area contributed by atoms with Crippen LogP contribution in [0.3, 0.4) is 0 Å². The van der Waals surface area contributed by atoms with Crippen molar-refractivity contribution < 1.29 is 4.74 Å². The van der Waals surface area contributed by atoms with E-state index < -0.39 is 0 Å². The van der Waals surface area contributed by atoms with E-state index >= 15 is 0 Å². The van der Waals surface area contributed by atoms with Crippen LogP contribution in [-0.4, -0.2) is 30.0 Å². The molecule has 19 heavy (non-hydrogen) atoms. The van der Waals surface area contributed by atoms with Crippen LogP contribution in [0.4, 0.5) is 0 Å². The lowest BCUT2D eigenvalue weighted by atomic mass is 10.0. The maximum atomic E-state index is 5.38. The number of hydrogen-bond acceptors (Lipinski definition) is 4. The first-order chi connectivity index (χ1) is 9.43. The summed E-state index contributed by atoms with van der Waals surface area (Å²) in [6.45, 7) is 3.77. The van der Waals surface area contributed by atoms with E-state index in [0.29, 0.717) is 0 Å². The molecule has 0 amide bonds. The Morgan fingerprint density at radius 2 is 2.32 bits per heavy atom. The number of aromatic nitrogens is 2. The zero-order valence-corrected chi connectivity index (χ0v) is 11.7. The number of nitrogens with one attached hydrogen (secondary N) is 2. The Kier molecular flexibility index (Phi) is 4.27. The van der Waals surface area contributed by atoms with Crippen LogP contribution in [0.1, 0.15) is 18.4 Å². The lowest BCUT2D eigenvalue weighted by Gasteiger charge is -2.22. The Balaban J connectivity index is 1.54. The molecule has 0 bridgehead atoms. The first kappa shape index (κ1) is 12.8. The minimum absolute atomic E-state index is 0.755. The Hall–Kier alpha value is -1.17. The molecule has 3 heterocycles. The predicted octanol–water partition coefficient (Wildman–Crippen LogP) is 2.65.